The molecule has 18 heavy (non-hydrogen) atoms. The van der Waals surface area contributed by atoms with Gasteiger partial charge in [-0.1, -0.05) is 22.9 Å². The van der Waals surface area contributed by atoms with E-state index in [4.69, 9.17) is 15.4 Å². The number of carbonyl (C=O) groups is 1. The molecule has 0 aliphatic carbocycles. The lowest BCUT2D eigenvalue weighted by molar-refractivity contribution is 0.0504. The molecule has 1 rings (SSSR count). The highest BCUT2D eigenvalue weighted by Crippen LogP contribution is 2.27. The Kier molecular flexibility index (Phi) is 5.19. The normalized spacial score (nSPS) is 11.3. The van der Waals surface area contributed by atoms with Crippen molar-refractivity contribution in [3.8, 4) is 0 Å². The summed E-state index contributed by atoms with van der Waals surface area (Å²) in [5.74, 6) is -0.558. The van der Waals surface area contributed by atoms with Gasteiger partial charge in [0.15, 0.2) is 0 Å². The molecule has 1 aromatic carbocycles. The summed E-state index contributed by atoms with van der Waals surface area (Å²) in [6, 6.07) is 2.87. The van der Waals surface area contributed by atoms with E-state index >= 15 is 0 Å². The van der Waals surface area contributed by atoms with E-state index in [-0.39, 0.29) is 22.6 Å². The molecular formula is C11H12BrClO4S. The predicted molar refractivity (Wildman–Crippen MR) is 72.5 cm³/mol. The Balaban J connectivity index is 3.30. The molecule has 0 unspecified atom stereocenters. The fourth-order valence-corrected chi connectivity index (χ4v) is 3.23. The fraction of sp³-hybridized carbons (Fsp3) is 0.364. The Bertz CT molecular complexity index is 569. The van der Waals surface area contributed by atoms with Gasteiger partial charge in [-0.25, -0.2) is 13.2 Å². The van der Waals surface area contributed by atoms with Gasteiger partial charge < -0.3 is 4.74 Å². The van der Waals surface area contributed by atoms with Crippen molar-refractivity contribution in [1.82, 2.24) is 0 Å². The minimum Gasteiger partial charge on any atom is -0.462 e. The molecule has 0 bridgehead atoms. The van der Waals surface area contributed by atoms with Crippen LogP contribution in [0.1, 0.15) is 29.3 Å². The van der Waals surface area contributed by atoms with Crippen molar-refractivity contribution in [2.45, 2.75) is 25.2 Å². The van der Waals surface area contributed by atoms with Crippen LogP contribution in [0.15, 0.2) is 21.5 Å². The van der Waals surface area contributed by atoms with E-state index < -0.39 is 15.0 Å². The molecule has 0 aliphatic rings. The molecule has 0 amide bonds. The van der Waals surface area contributed by atoms with E-state index in [2.05, 4.69) is 15.9 Å². The Morgan fingerprint density at radius 1 is 1.44 bits per heavy atom. The molecule has 0 saturated heterocycles. The average molecular weight is 356 g/mol. The minimum atomic E-state index is -3.90. The van der Waals surface area contributed by atoms with Gasteiger partial charge in [-0.15, -0.1) is 0 Å². The van der Waals surface area contributed by atoms with Crippen molar-refractivity contribution in [1.29, 1.82) is 0 Å². The van der Waals surface area contributed by atoms with Crippen LogP contribution in [0, 0.1) is 6.92 Å². The molecule has 0 aromatic heterocycles. The van der Waals surface area contributed by atoms with Crippen LogP contribution in [0.3, 0.4) is 0 Å². The Morgan fingerprint density at radius 2 is 2.06 bits per heavy atom. The summed E-state index contributed by atoms with van der Waals surface area (Å²) in [7, 11) is 1.42. The van der Waals surface area contributed by atoms with Gasteiger partial charge in [0.2, 0.25) is 0 Å². The summed E-state index contributed by atoms with van der Waals surface area (Å²) in [4.78, 5) is 11.7. The van der Waals surface area contributed by atoms with Crippen LogP contribution < -0.4 is 0 Å². The molecule has 7 heteroatoms. The third kappa shape index (κ3) is 3.70. The lowest BCUT2D eigenvalue weighted by atomic mass is 10.1. The number of hydrogen-bond acceptors (Lipinski definition) is 4. The Morgan fingerprint density at radius 3 is 2.56 bits per heavy atom. The third-order valence-electron chi connectivity index (χ3n) is 2.24. The molecule has 100 valence electrons. The maximum absolute atomic E-state index is 11.8. The first-order chi connectivity index (χ1) is 8.27. The number of rotatable bonds is 4. The number of benzene rings is 1. The van der Waals surface area contributed by atoms with Crippen molar-refractivity contribution >= 4 is 41.6 Å². The molecule has 1 aromatic rings. The topological polar surface area (TPSA) is 60.4 Å². The number of hydrogen-bond donors (Lipinski definition) is 0. The molecular weight excluding hydrogens is 344 g/mol. The van der Waals surface area contributed by atoms with Crippen LogP contribution in [0.5, 0.6) is 0 Å². The lowest BCUT2D eigenvalue weighted by Crippen LogP contribution is -2.10. The molecule has 0 N–H and O–H groups in total. The number of halogens is 2. The van der Waals surface area contributed by atoms with Gasteiger partial charge in [0, 0.05) is 15.2 Å². The Hall–Kier alpha value is -0.590. The van der Waals surface area contributed by atoms with Crippen LogP contribution in [0.25, 0.3) is 0 Å². The van der Waals surface area contributed by atoms with Gasteiger partial charge in [-0.2, -0.15) is 0 Å². The molecule has 0 aliphatic heterocycles. The smallest absolute Gasteiger partial charge is 0.338 e. The molecule has 0 fully saturated rings. The second-order valence-corrected chi connectivity index (χ2v) is 7.10. The van der Waals surface area contributed by atoms with Crippen molar-refractivity contribution in [3.63, 3.8) is 0 Å². The highest BCUT2D eigenvalue weighted by molar-refractivity contribution is 9.10. The first kappa shape index (κ1) is 15.5. The van der Waals surface area contributed by atoms with Gasteiger partial charge in [0.25, 0.3) is 9.05 Å². The van der Waals surface area contributed by atoms with Crippen molar-refractivity contribution in [2.24, 2.45) is 0 Å². The minimum absolute atomic E-state index is 0.0954. The van der Waals surface area contributed by atoms with Gasteiger partial charge in [-0.05, 0) is 31.0 Å². The predicted octanol–water partition coefficient (Wildman–Crippen LogP) is 3.25. The third-order valence-corrected chi connectivity index (χ3v) is 4.15. The van der Waals surface area contributed by atoms with Crippen LogP contribution in [0.4, 0.5) is 0 Å². The molecule has 4 nitrogen and oxygen atoms in total. The first-order valence-corrected chi connectivity index (χ1v) is 8.29. The van der Waals surface area contributed by atoms with Crippen molar-refractivity contribution in [3.05, 3.63) is 27.7 Å². The van der Waals surface area contributed by atoms with E-state index in [1.54, 1.807) is 0 Å². The summed E-state index contributed by atoms with van der Waals surface area (Å²) in [6.45, 7) is 3.67. The summed E-state index contributed by atoms with van der Waals surface area (Å²) < 4.78 is 28.2. The van der Waals surface area contributed by atoms with Crippen LogP contribution in [0.2, 0.25) is 0 Å². The first-order valence-electron chi connectivity index (χ1n) is 5.19. The number of carbonyl (C=O) groups excluding carboxylic acids is 1. The van der Waals surface area contributed by atoms with E-state index in [0.717, 1.165) is 0 Å². The summed E-state index contributed by atoms with van der Waals surface area (Å²) in [6.07, 6.45) is 0.694. The van der Waals surface area contributed by atoms with E-state index in [1.807, 2.05) is 6.92 Å². The largest absolute Gasteiger partial charge is 0.462 e. The molecule has 0 radical (unpaired) electrons. The van der Waals surface area contributed by atoms with Crippen LogP contribution >= 0.6 is 26.6 Å². The Labute approximate surface area is 119 Å². The maximum atomic E-state index is 11.8. The maximum Gasteiger partial charge on any atom is 0.338 e. The summed E-state index contributed by atoms with van der Waals surface area (Å²) >= 11 is 3.15. The molecule has 0 saturated carbocycles. The lowest BCUT2D eigenvalue weighted by Gasteiger charge is -2.10. The van der Waals surface area contributed by atoms with E-state index in [0.29, 0.717) is 10.9 Å². The standard InChI is InChI=1S/C11H12BrClO4S/c1-3-4-17-11(14)9-5-8(12)6-10(7(9)2)18(13,15)16/h5-6H,3-4H2,1-2H3. The monoisotopic (exact) mass is 354 g/mol. The summed E-state index contributed by atoms with van der Waals surface area (Å²) in [5, 5.41) is 0. The van der Waals surface area contributed by atoms with E-state index in [9.17, 15) is 13.2 Å². The zero-order valence-electron chi connectivity index (χ0n) is 9.87. The summed E-state index contributed by atoms with van der Waals surface area (Å²) in [5.41, 5.74) is 0.478. The quantitative estimate of drug-likeness (QED) is 0.614. The van der Waals surface area contributed by atoms with E-state index in [1.165, 1.54) is 19.1 Å². The fourth-order valence-electron chi connectivity index (χ4n) is 1.39. The SMILES string of the molecule is CCCOC(=O)c1cc(Br)cc(S(=O)(=O)Cl)c1C. The van der Waals surface area contributed by atoms with Crippen molar-refractivity contribution in [2.75, 3.05) is 6.61 Å². The van der Waals surface area contributed by atoms with Gasteiger partial charge >= 0.3 is 5.97 Å². The van der Waals surface area contributed by atoms with Gasteiger partial charge in [-0.3, -0.25) is 0 Å². The second-order valence-electron chi connectivity index (χ2n) is 3.65. The zero-order chi connectivity index (χ0) is 13.9. The van der Waals surface area contributed by atoms with Crippen LogP contribution in [-0.4, -0.2) is 21.0 Å². The molecule has 0 heterocycles. The molecule has 0 spiro atoms. The number of esters is 1. The highest BCUT2D eigenvalue weighted by atomic mass is 79.9. The molecule has 0 atom stereocenters. The van der Waals surface area contributed by atoms with Gasteiger partial charge in [0.05, 0.1) is 17.1 Å². The second kappa shape index (κ2) is 6.04. The van der Waals surface area contributed by atoms with Crippen LogP contribution in [-0.2, 0) is 13.8 Å². The number of ether oxygens (including phenoxy) is 1. The zero-order valence-corrected chi connectivity index (χ0v) is 13.0. The van der Waals surface area contributed by atoms with Crippen molar-refractivity contribution < 1.29 is 17.9 Å². The average Bonchev–Trinajstić information content (AvgIpc) is 2.27. The van der Waals surface area contributed by atoms with Gasteiger partial charge in [0.1, 0.15) is 0 Å². The highest BCUT2D eigenvalue weighted by Gasteiger charge is 2.21.